The first-order valence-electron chi connectivity index (χ1n) is 9.62. The molecule has 0 aliphatic carbocycles. The third-order valence-corrected chi connectivity index (χ3v) is 4.87. The van der Waals surface area contributed by atoms with Crippen LogP contribution in [0.25, 0.3) is 27.8 Å². The number of nitrogens with one attached hydrogen (secondary N) is 1. The molecule has 4 aromatic rings. The Morgan fingerprint density at radius 1 is 1.00 bits per heavy atom. The molecular weight excluding hydrogens is 362 g/mol. The second-order valence-corrected chi connectivity index (χ2v) is 7.13. The fourth-order valence-corrected chi connectivity index (χ4v) is 3.37. The molecule has 1 N–H and O–H groups in total. The summed E-state index contributed by atoms with van der Waals surface area (Å²) in [6.45, 7) is 1.73. The van der Waals surface area contributed by atoms with Crippen molar-refractivity contribution >= 4 is 16.9 Å². The number of benzene rings is 2. The van der Waals surface area contributed by atoms with Crippen LogP contribution in [0.2, 0.25) is 0 Å². The van der Waals surface area contributed by atoms with Crippen LogP contribution in [0, 0.1) is 0 Å². The largest absolute Gasteiger partial charge is 0.497 e. The number of rotatable bonds is 7. The van der Waals surface area contributed by atoms with Crippen molar-refractivity contribution in [2.24, 2.45) is 0 Å². The molecule has 148 valence electrons. The van der Waals surface area contributed by atoms with Gasteiger partial charge < -0.3 is 19.5 Å². The summed E-state index contributed by atoms with van der Waals surface area (Å²) in [5, 5.41) is 4.51. The molecule has 0 atom stereocenters. The van der Waals surface area contributed by atoms with E-state index in [1.54, 1.807) is 13.4 Å². The molecule has 29 heavy (non-hydrogen) atoms. The second kappa shape index (κ2) is 8.32. The maximum Gasteiger partial charge on any atom is 0.150 e. The Hall–Kier alpha value is -3.38. The first-order valence-corrected chi connectivity index (χ1v) is 9.62. The van der Waals surface area contributed by atoms with E-state index < -0.39 is 0 Å². The maximum atomic E-state index is 5.30. The summed E-state index contributed by atoms with van der Waals surface area (Å²) in [7, 11) is 5.80. The highest BCUT2D eigenvalue weighted by Crippen LogP contribution is 2.35. The smallest absolute Gasteiger partial charge is 0.150 e. The molecule has 0 bridgehead atoms. The highest BCUT2D eigenvalue weighted by atomic mass is 16.5. The average molecular weight is 387 g/mol. The highest BCUT2D eigenvalue weighted by molar-refractivity contribution is 6.02. The van der Waals surface area contributed by atoms with E-state index in [9.17, 15) is 0 Å². The van der Waals surface area contributed by atoms with Gasteiger partial charge in [0.05, 0.1) is 12.5 Å². The van der Waals surface area contributed by atoms with Gasteiger partial charge in [0, 0.05) is 30.5 Å². The Kier molecular flexibility index (Phi) is 5.44. The molecule has 0 saturated heterocycles. The van der Waals surface area contributed by atoms with Crippen LogP contribution in [0.3, 0.4) is 0 Å². The predicted octanol–water partition coefficient (Wildman–Crippen LogP) is 4.07. The van der Waals surface area contributed by atoms with E-state index in [0.29, 0.717) is 0 Å². The molecule has 0 unspecified atom stereocenters. The Morgan fingerprint density at radius 3 is 2.45 bits per heavy atom. The summed E-state index contributed by atoms with van der Waals surface area (Å²) in [4.78, 5) is 11.3. The summed E-state index contributed by atoms with van der Waals surface area (Å²) in [6, 6.07) is 18.3. The molecule has 0 amide bonds. The number of likely N-dealkylation sites (N-methyl/N-ethyl adjacent to an activating group) is 1. The van der Waals surface area contributed by atoms with E-state index in [1.807, 2.05) is 30.3 Å². The molecule has 0 fully saturated rings. The van der Waals surface area contributed by atoms with Gasteiger partial charge in [-0.3, -0.25) is 0 Å². The third-order valence-electron chi connectivity index (χ3n) is 4.87. The number of nitrogens with zero attached hydrogens (tertiary/aromatic N) is 4. The number of aromatic nitrogens is 3. The van der Waals surface area contributed by atoms with Crippen molar-refractivity contribution in [2.45, 2.75) is 0 Å². The first-order chi connectivity index (χ1) is 14.2. The average Bonchev–Trinajstić information content (AvgIpc) is 3.15. The zero-order valence-corrected chi connectivity index (χ0v) is 17.0. The second-order valence-electron chi connectivity index (χ2n) is 7.13. The summed E-state index contributed by atoms with van der Waals surface area (Å²) >= 11 is 0. The van der Waals surface area contributed by atoms with E-state index >= 15 is 0 Å². The standard InChI is InChI=1S/C23H25N5O/c1-27(2)14-13-24-22-21-20(17-7-5-4-6-8-17)15-28(23(21)26-16-25-22)18-9-11-19(29-3)12-10-18/h4-12,15-16H,13-14H2,1-3H3,(H,24,25,26). The molecule has 2 aromatic heterocycles. The number of fused-ring (bicyclic) bond motifs is 1. The SMILES string of the molecule is COc1ccc(-n2cc(-c3ccccc3)c3c(NCCN(C)C)ncnc32)cc1. The molecule has 6 nitrogen and oxygen atoms in total. The van der Waals surface area contributed by atoms with Crippen LogP contribution in [0.4, 0.5) is 5.82 Å². The van der Waals surface area contributed by atoms with Gasteiger partial charge in [0.2, 0.25) is 0 Å². The van der Waals surface area contributed by atoms with Gasteiger partial charge in [-0.15, -0.1) is 0 Å². The molecule has 2 heterocycles. The molecule has 2 aromatic carbocycles. The Balaban J connectivity index is 1.86. The summed E-state index contributed by atoms with van der Waals surface area (Å²) < 4.78 is 7.41. The van der Waals surface area contributed by atoms with Crippen molar-refractivity contribution in [3.8, 4) is 22.6 Å². The number of ether oxygens (including phenoxy) is 1. The lowest BCUT2D eigenvalue weighted by Gasteiger charge is -2.12. The third kappa shape index (κ3) is 3.93. The molecular formula is C23H25N5O. The van der Waals surface area contributed by atoms with Crippen molar-refractivity contribution in [1.29, 1.82) is 0 Å². The quantitative estimate of drug-likeness (QED) is 0.518. The highest BCUT2D eigenvalue weighted by Gasteiger charge is 2.17. The van der Waals surface area contributed by atoms with E-state index in [1.165, 1.54) is 0 Å². The van der Waals surface area contributed by atoms with Crippen LogP contribution < -0.4 is 10.1 Å². The molecule has 0 aliphatic heterocycles. The maximum absolute atomic E-state index is 5.30. The first kappa shape index (κ1) is 19.0. The Bertz CT molecular complexity index is 1090. The van der Waals surface area contributed by atoms with E-state index in [0.717, 1.165) is 52.5 Å². The van der Waals surface area contributed by atoms with E-state index in [-0.39, 0.29) is 0 Å². The molecule has 0 aliphatic rings. The number of anilines is 1. The Labute approximate surface area is 170 Å². The minimum Gasteiger partial charge on any atom is -0.497 e. The van der Waals surface area contributed by atoms with Crippen LogP contribution >= 0.6 is 0 Å². The lowest BCUT2D eigenvalue weighted by molar-refractivity contribution is 0.415. The summed E-state index contributed by atoms with van der Waals surface area (Å²) in [6.07, 6.45) is 3.75. The number of hydrogen-bond acceptors (Lipinski definition) is 5. The van der Waals surface area contributed by atoms with Gasteiger partial charge in [-0.25, -0.2) is 9.97 Å². The van der Waals surface area contributed by atoms with Crippen molar-refractivity contribution < 1.29 is 4.74 Å². The van der Waals surface area contributed by atoms with Gasteiger partial charge in [-0.1, -0.05) is 30.3 Å². The normalized spacial score (nSPS) is 11.2. The van der Waals surface area contributed by atoms with Crippen molar-refractivity contribution in [3.05, 3.63) is 67.1 Å². The van der Waals surface area contributed by atoms with Crippen molar-refractivity contribution in [3.63, 3.8) is 0 Å². The topological polar surface area (TPSA) is 55.2 Å². The van der Waals surface area contributed by atoms with Crippen LogP contribution in [0.5, 0.6) is 5.75 Å². The van der Waals surface area contributed by atoms with Gasteiger partial charge in [0.1, 0.15) is 17.9 Å². The fourth-order valence-electron chi connectivity index (χ4n) is 3.37. The minimum absolute atomic E-state index is 0.807. The van der Waals surface area contributed by atoms with E-state index in [4.69, 9.17) is 4.74 Å². The van der Waals surface area contributed by atoms with Crippen LogP contribution in [-0.2, 0) is 0 Å². The van der Waals surface area contributed by atoms with Crippen LogP contribution in [0.15, 0.2) is 67.1 Å². The van der Waals surface area contributed by atoms with Gasteiger partial charge in [-0.2, -0.15) is 0 Å². The van der Waals surface area contributed by atoms with Crippen LogP contribution in [-0.4, -0.2) is 53.7 Å². The van der Waals surface area contributed by atoms with Crippen molar-refractivity contribution in [1.82, 2.24) is 19.4 Å². The molecule has 6 heteroatoms. The van der Waals surface area contributed by atoms with E-state index in [2.05, 4.69) is 69.3 Å². The molecule has 4 rings (SSSR count). The zero-order chi connectivity index (χ0) is 20.2. The van der Waals surface area contributed by atoms with Crippen LogP contribution in [0.1, 0.15) is 0 Å². The molecule has 0 spiro atoms. The predicted molar refractivity (Wildman–Crippen MR) is 118 cm³/mol. The van der Waals surface area contributed by atoms with Gasteiger partial charge in [-0.05, 0) is 43.9 Å². The van der Waals surface area contributed by atoms with Gasteiger partial charge in [0.25, 0.3) is 0 Å². The van der Waals surface area contributed by atoms with Crippen molar-refractivity contribution in [2.75, 3.05) is 39.6 Å². The monoisotopic (exact) mass is 387 g/mol. The summed E-state index contributed by atoms with van der Waals surface area (Å²) in [5.41, 5.74) is 4.13. The Morgan fingerprint density at radius 2 is 1.76 bits per heavy atom. The fraction of sp³-hybridized carbons (Fsp3) is 0.217. The van der Waals surface area contributed by atoms with Gasteiger partial charge in [0.15, 0.2) is 5.65 Å². The number of hydrogen-bond donors (Lipinski definition) is 1. The number of methoxy groups -OCH3 is 1. The molecule has 0 saturated carbocycles. The molecule has 0 radical (unpaired) electrons. The summed E-state index contributed by atoms with van der Waals surface area (Å²) in [5.74, 6) is 1.68. The zero-order valence-electron chi connectivity index (χ0n) is 17.0. The lowest BCUT2D eigenvalue weighted by Crippen LogP contribution is -2.21. The minimum atomic E-state index is 0.807. The lowest BCUT2D eigenvalue weighted by atomic mass is 10.1. The van der Waals surface area contributed by atoms with Gasteiger partial charge >= 0.3 is 0 Å².